The first-order valence-electron chi connectivity index (χ1n) is 3.13. The van der Waals surface area contributed by atoms with E-state index in [1.54, 1.807) is 0 Å². The van der Waals surface area contributed by atoms with Crippen molar-refractivity contribution in [2.45, 2.75) is 20.8 Å². The lowest BCUT2D eigenvalue weighted by molar-refractivity contribution is 1.44. The Morgan fingerprint density at radius 3 is 2.22 bits per heavy atom. The summed E-state index contributed by atoms with van der Waals surface area (Å²) in [7, 11) is 0. The van der Waals surface area contributed by atoms with Crippen molar-refractivity contribution in [1.29, 1.82) is 0 Å². The van der Waals surface area contributed by atoms with Gasteiger partial charge in [0.15, 0.2) is 0 Å². The molecule has 0 saturated carbocycles. The van der Waals surface area contributed by atoms with Crippen LogP contribution in [0.2, 0.25) is 0 Å². The molecule has 0 rings (SSSR count). The first-order valence-corrected chi connectivity index (χ1v) is 3.13. The van der Waals surface area contributed by atoms with Gasteiger partial charge in [-0.3, -0.25) is 0 Å². The zero-order valence-corrected chi connectivity index (χ0v) is 6.44. The maximum atomic E-state index is 3.77. The van der Waals surface area contributed by atoms with Crippen molar-refractivity contribution in [2.75, 3.05) is 0 Å². The summed E-state index contributed by atoms with van der Waals surface area (Å²) in [6.07, 6.45) is 6.14. The Bertz CT molecular complexity index is 147. The molecule has 0 aliphatic carbocycles. The van der Waals surface area contributed by atoms with Gasteiger partial charge >= 0.3 is 0 Å². The van der Waals surface area contributed by atoms with E-state index >= 15 is 0 Å². The van der Waals surface area contributed by atoms with Gasteiger partial charge in [0.1, 0.15) is 0 Å². The molecule has 0 fully saturated rings. The van der Waals surface area contributed by atoms with Gasteiger partial charge in [0.2, 0.25) is 0 Å². The largest absolute Gasteiger partial charge is 0.0961 e. The molecule has 0 radical (unpaired) electrons. The number of hydrogen-bond donors (Lipinski definition) is 0. The average Bonchev–Trinajstić information content (AvgIpc) is 1.63. The predicted molar refractivity (Wildman–Crippen MR) is 43.4 cm³/mol. The molecule has 0 saturated heterocycles. The standard InChI is InChI=1S/C9H14/c1-5-6-9(4)7-8(2)3/h5-7H,2H2,1,3-4H3/b6-5-,9-7-. The summed E-state index contributed by atoms with van der Waals surface area (Å²) in [4.78, 5) is 0. The predicted octanol–water partition coefficient (Wildman–Crippen LogP) is 3.08. The third kappa shape index (κ3) is 5.09. The number of allylic oxidation sites excluding steroid dienone is 5. The Morgan fingerprint density at radius 2 is 1.89 bits per heavy atom. The lowest BCUT2D eigenvalue weighted by atomic mass is 10.2. The van der Waals surface area contributed by atoms with Gasteiger partial charge < -0.3 is 0 Å². The van der Waals surface area contributed by atoms with E-state index in [0.717, 1.165) is 5.57 Å². The van der Waals surface area contributed by atoms with Crippen LogP contribution >= 0.6 is 0 Å². The van der Waals surface area contributed by atoms with E-state index in [1.807, 2.05) is 19.9 Å². The van der Waals surface area contributed by atoms with Crippen molar-refractivity contribution in [2.24, 2.45) is 0 Å². The van der Waals surface area contributed by atoms with Gasteiger partial charge in [-0.2, -0.15) is 0 Å². The van der Waals surface area contributed by atoms with Crippen molar-refractivity contribution in [1.82, 2.24) is 0 Å². The summed E-state index contributed by atoms with van der Waals surface area (Å²) in [6.45, 7) is 9.83. The first-order chi connectivity index (χ1) is 4.16. The molecular weight excluding hydrogens is 108 g/mol. The van der Waals surface area contributed by atoms with E-state index in [0.29, 0.717) is 0 Å². The van der Waals surface area contributed by atoms with Crippen molar-refractivity contribution in [3.8, 4) is 0 Å². The second-order valence-corrected chi connectivity index (χ2v) is 2.23. The van der Waals surface area contributed by atoms with Crippen LogP contribution in [0.1, 0.15) is 20.8 Å². The smallest absolute Gasteiger partial charge is 0.0398 e. The zero-order valence-electron chi connectivity index (χ0n) is 6.44. The molecule has 50 valence electrons. The molecule has 0 aromatic rings. The average molecular weight is 122 g/mol. The van der Waals surface area contributed by atoms with Crippen LogP contribution in [0.3, 0.4) is 0 Å². The normalized spacial score (nSPS) is 12.6. The highest BCUT2D eigenvalue weighted by Crippen LogP contribution is 1.99. The van der Waals surface area contributed by atoms with Crippen LogP contribution in [0.5, 0.6) is 0 Å². The lowest BCUT2D eigenvalue weighted by Crippen LogP contribution is -1.68. The Hall–Kier alpha value is -0.780. The van der Waals surface area contributed by atoms with E-state index in [2.05, 4.69) is 25.7 Å². The minimum atomic E-state index is 1.10. The van der Waals surface area contributed by atoms with Gasteiger partial charge in [0.05, 0.1) is 0 Å². The van der Waals surface area contributed by atoms with Gasteiger partial charge in [-0.1, -0.05) is 36.0 Å². The summed E-state index contributed by atoms with van der Waals surface area (Å²) in [5.74, 6) is 0. The van der Waals surface area contributed by atoms with Crippen LogP contribution in [0.25, 0.3) is 0 Å². The quantitative estimate of drug-likeness (QED) is 0.494. The molecule has 0 heteroatoms. The van der Waals surface area contributed by atoms with Crippen LogP contribution in [-0.2, 0) is 0 Å². The summed E-state index contributed by atoms with van der Waals surface area (Å²) in [5, 5.41) is 0. The molecule has 0 nitrogen and oxygen atoms in total. The Morgan fingerprint density at radius 1 is 1.33 bits per heavy atom. The highest BCUT2D eigenvalue weighted by atomic mass is 13.8. The summed E-state index contributed by atoms with van der Waals surface area (Å²) in [5.41, 5.74) is 2.36. The fourth-order valence-electron chi connectivity index (χ4n) is 0.700. The van der Waals surface area contributed by atoms with E-state index in [-0.39, 0.29) is 0 Å². The number of rotatable bonds is 2. The SMILES string of the molecule is C=C(C)/C=C(C)\C=C/C. The minimum Gasteiger partial charge on any atom is -0.0961 e. The fourth-order valence-corrected chi connectivity index (χ4v) is 0.700. The Kier molecular flexibility index (Phi) is 3.78. The maximum absolute atomic E-state index is 3.77. The molecular formula is C9H14. The molecule has 0 spiro atoms. The topological polar surface area (TPSA) is 0 Å². The van der Waals surface area contributed by atoms with Crippen molar-refractivity contribution < 1.29 is 0 Å². The maximum Gasteiger partial charge on any atom is -0.0398 e. The van der Waals surface area contributed by atoms with Gasteiger partial charge in [-0.15, -0.1) is 0 Å². The van der Waals surface area contributed by atoms with Crippen LogP contribution in [0, 0.1) is 0 Å². The van der Waals surface area contributed by atoms with Gasteiger partial charge in [0.25, 0.3) is 0 Å². The molecule has 0 atom stereocenters. The summed E-state index contributed by atoms with van der Waals surface area (Å²) in [6, 6.07) is 0. The molecule has 9 heavy (non-hydrogen) atoms. The third-order valence-electron chi connectivity index (χ3n) is 0.904. The second kappa shape index (κ2) is 4.13. The van der Waals surface area contributed by atoms with Crippen molar-refractivity contribution in [3.63, 3.8) is 0 Å². The molecule has 0 bridgehead atoms. The highest BCUT2D eigenvalue weighted by Gasteiger charge is 1.78. The van der Waals surface area contributed by atoms with Crippen LogP contribution in [-0.4, -0.2) is 0 Å². The van der Waals surface area contributed by atoms with Crippen molar-refractivity contribution in [3.05, 3.63) is 36.0 Å². The third-order valence-corrected chi connectivity index (χ3v) is 0.904. The van der Waals surface area contributed by atoms with Gasteiger partial charge in [0, 0.05) is 0 Å². The second-order valence-electron chi connectivity index (χ2n) is 2.23. The summed E-state index contributed by atoms with van der Waals surface area (Å²) < 4.78 is 0. The van der Waals surface area contributed by atoms with E-state index in [4.69, 9.17) is 0 Å². The van der Waals surface area contributed by atoms with Gasteiger partial charge in [-0.05, 0) is 20.8 Å². The van der Waals surface area contributed by atoms with E-state index in [1.165, 1.54) is 5.57 Å². The lowest BCUT2D eigenvalue weighted by Gasteiger charge is -1.89. The Labute approximate surface area is 57.6 Å². The monoisotopic (exact) mass is 122 g/mol. The number of hydrogen-bond acceptors (Lipinski definition) is 0. The summed E-state index contributed by atoms with van der Waals surface area (Å²) >= 11 is 0. The van der Waals surface area contributed by atoms with E-state index < -0.39 is 0 Å². The Balaban J connectivity index is 4.00. The molecule has 0 heterocycles. The van der Waals surface area contributed by atoms with E-state index in [9.17, 15) is 0 Å². The highest BCUT2D eigenvalue weighted by molar-refractivity contribution is 5.24. The molecule has 0 aliphatic heterocycles. The first kappa shape index (κ1) is 8.22. The molecule has 0 aromatic heterocycles. The van der Waals surface area contributed by atoms with Gasteiger partial charge in [-0.25, -0.2) is 0 Å². The van der Waals surface area contributed by atoms with Crippen molar-refractivity contribution >= 4 is 0 Å². The molecule has 0 unspecified atom stereocenters. The zero-order chi connectivity index (χ0) is 7.28. The van der Waals surface area contributed by atoms with Crippen LogP contribution in [0.4, 0.5) is 0 Å². The minimum absolute atomic E-state index is 1.10. The molecule has 0 aliphatic rings. The fraction of sp³-hybridized carbons (Fsp3) is 0.333. The van der Waals surface area contributed by atoms with Crippen LogP contribution < -0.4 is 0 Å². The van der Waals surface area contributed by atoms with Crippen LogP contribution in [0.15, 0.2) is 36.0 Å². The molecule has 0 aromatic carbocycles. The molecule has 0 N–H and O–H groups in total. The molecule has 0 amide bonds.